The zero-order valence-corrected chi connectivity index (χ0v) is 15.7. The zero-order chi connectivity index (χ0) is 18.1. The highest BCUT2D eigenvalue weighted by molar-refractivity contribution is 7.18. The van der Waals surface area contributed by atoms with Crippen molar-refractivity contribution in [1.82, 2.24) is 9.55 Å². The highest BCUT2D eigenvalue weighted by atomic mass is 35.5. The van der Waals surface area contributed by atoms with E-state index in [9.17, 15) is 9.59 Å². The number of aryl methyl sites for hydroxylation is 2. The van der Waals surface area contributed by atoms with Gasteiger partial charge in [-0.3, -0.25) is 14.2 Å². The molecule has 0 spiro atoms. The van der Waals surface area contributed by atoms with E-state index in [0.717, 1.165) is 16.9 Å². The van der Waals surface area contributed by atoms with Crippen LogP contribution in [0.25, 0.3) is 10.2 Å². The molecule has 3 rings (SSSR count). The third kappa shape index (κ3) is 3.45. The summed E-state index contributed by atoms with van der Waals surface area (Å²) in [5.74, 6) is -0.297. The molecule has 2 aromatic heterocycles. The van der Waals surface area contributed by atoms with E-state index in [2.05, 4.69) is 10.3 Å². The van der Waals surface area contributed by atoms with Gasteiger partial charge in [-0.25, -0.2) is 4.98 Å². The average Bonchev–Trinajstić information content (AvgIpc) is 3.02. The molecule has 0 saturated heterocycles. The van der Waals surface area contributed by atoms with Crippen molar-refractivity contribution >= 4 is 44.7 Å². The largest absolute Gasteiger partial charge is 0.324 e. The van der Waals surface area contributed by atoms with Gasteiger partial charge in [0.15, 0.2) is 0 Å². The van der Waals surface area contributed by atoms with Crippen molar-refractivity contribution in [1.29, 1.82) is 0 Å². The number of thiophene rings is 1. The SMILES string of the molecule is CCc1cc2c(=O)n(C(C)C(=O)Nc3ccc(C)c(Cl)c3)cnc2s1. The van der Waals surface area contributed by atoms with E-state index in [0.29, 0.717) is 20.9 Å². The van der Waals surface area contributed by atoms with Gasteiger partial charge in [0.25, 0.3) is 5.56 Å². The lowest BCUT2D eigenvalue weighted by molar-refractivity contribution is -0.118. The molecule has 3 aromatic rings. The molecule has 1 unspecified atom stereocenters. The van der Waals surface area contributed by atoms with Crippen molar-refractivity contribution in [3.8, 4) is 0 Å². The smallest absolute Gasteiger partial charge is 0.262 e. The van der Waals surface area contributed by atoms with Gasteiger partial charge in [0, 0.05) is 15.6 Å². The van der Waals surface area contributed by atoms with Crippen molar-refractivity contribution < 1.29 is 4.79 Å². The molecule has 25 heavy (non-hydrogen) atoms. The second-order valence-corrected chi connectivity index (χ2v) is 7.39. The molecule has 7 heteroatoms. The van der Waals surface area contributed by atoms with Crippen LogP contribution >= 0.6 is 22.9 Å². The number of benzene rings is 1. The summed E-state index contributed by atoms with van der Waals surface area (Å²) in [5, 5.41) is 3.93. The first-order chi connectivity index (χ1) is 11.9. The lowest BCUT2D eigenvalue weighted by atomic mass is 10.2. The maximum absolute atomic E-state index is 12.7. The number of halogens is 1. The van der Waals surface area contributed by atoms with Crippen LogP contribution in [0.3, 0.4) is 0 Å². The van der Waals surface area contributed by atoms with Gasteiger partial charge >= 0.3 is 0 Å². The van der Waals surface area contributed by atoms with Gasteiger partial charge in [0.1, 0.15) is 10.9 Å². The molecule has 5 nitrogen and oxygen atoms in total. The second-order valence-electron chi connectivity index (χ2n) is 5.87. The summed E-state index contributed by atoms with van der Waals surface area (Å²) in [6, 6.07) is 6.48. The van der Waals surface area contributed by atoms with Gasteiger partial charge in [0.2, 0.25) is 5.91 Å². The highest BCUT2D eigenvalue weighted by Crippen LogP contribution is 2.23. The average molecular weight is 376 g/mol. The molecule has 2 heterocycles. The summed E-state index contributed by atoms with van der Waals surface area (Å²) in [6.45, 7) is 5.60. The number of hydrogen-bond acceptors (Lipinski definition) is 4. The number of amides is 1. The first kappa shape index (κ1) is 17.6. The van der Waals surface area contributed by atoms with Crippen LogP contribution in [-0.4, -0.2) is 15.5 Å². The van der Waals surface area contributed by atoms with Crippen molar-refractivity contribution in [3.05, 3.63) is 56.4 Å². The van der Waals surface area contributed by atoms with Gasteiger partial charge < -0.3 is 5.32 Å². The Bertz CT molecular complexity index is 1010. The number of aromatic nitrogens is 2. The quantitative estimate of drug-likeness (QED) is 0.743. The van der Waals surface area contributed by atoms with Gasteiger partial charge in [-0.15, -0.1) is 11.3 Å². The van der Waals surface area contributed by atoms with E-state index >= 15 is 0 Å². The Kier molecular flexibility index (Phi) is 4.92. The Morgan fingerprint density at radius 1 is 1.40 bits per heavy atom. The van der Waals surface area contributed by atoms with E-state index in [-0.39, 0.29) is 11.5 Å². The zero-order valence-electron chi connectivity index (χ0n) is 14.2. The number of fused-ring (bicyclic) bond motifs is 1. The molecular weight excluding hydrogens is 358 g/mol. The molecule has 1 amide bonds. The molecule has 0 aliphatic heterocycles. The van der Waals surface area contributed by atoms with Crippen LogP contribution in [0.2, 0.25) is 5.02 Å². The molecule has 0 aliphatic carbocycles. The minimum absolute atomic E-state index is 0.203. The first-order valence-electron chi connectivity index (χ1n) is 7.97. The normalized spacial score (nSPS) is 12.3. The molecule has 1 atom stereocenters. The predicted molar refractivity (Wildman–Crippen MR) is 103 cm³/mol. The molecule has 0 aliphatic rings. The predicted octanol–water partition coefficient (Wildman–Crippen LogP) is 4.18. The van der Waals surface area contributed by atoms with E-state index < -0.39 is 6.04 Å². The Morgan fingerprint density at radius 2 is 2.16 bits per heavy atom. The molecule has 0 bridgehead atoms. The van der Waals surface area contributed by atoms with Gasteiger partial charge in [-0.1, -0.05) is 24.6 Å². The summed E-state index contributed by atoms with van der Waals surface area (Å²) in [5.41, 5.74) is 1.33. The Morgan fingerprint density at radius 3 is 2.84 bits per heavy atom. The summed E-state index contributed by atoms with van der Waals surface area (Å²) >= 11 is 7.59. The maximum Gasteiger partial charge on any atom is 0.262 e. The number of nitrogens with one attached hydrogen (secondary N) is 1. The molecule has 130 valence electrons. The summed E-state index contributed by atoms with van der Waals surface area (Å²) in [6.07, 6.45) is 2.29. The summed E-state index contributed by atoms with van der Waals surface area (Å²) in [4.78, 5) is 31.3. The molecule has 0 radical (unpaired) electrons. The van der Waals surface area contributed by atoms with Gasteiger partial charge in [-0.2, -0.15) is 0 Å². The van der Waals surface area contributed by atoms with E-state index in [1.807, 2.05) is 26.0 Å². The fourth-order valence-electron chi connectivity index (χ4n) is 2.48. The van der Waals surface area contributed by atoms with Crippen LogP contribution < -0.4 is 10.9 Å². The topological polar surface area (TPSA) is 64.0 Å². The molecular formula is C18H18ClN3O2S. The number of hydrogen-bond donors (Lipinski definition) is 1. The van der Waals surface area contributed by atoms with Crippen LogP contribution in [0.15, 0.2) is 35.4 Å². The summed E-state index contributed by atoms with van der Waals surface area (Å²) < 4.78 is 1.36. The third-order valence-corrected chi connectivity index (χ3v) is 5.71. The van der Waals surface area contributed by atoms with Gasteiger partial charge in [0.05, 0.1) is 11.7 Å². The lowest BCUT2D eigenvalue weighted by Gasteiger charge is -2.15. The Labute approximate surface area is 154 Å². The molecule has 0 fully saturated rings. The van der Waals surface area contributed by atoms with Gasteiger partial charge in [-0.05, 0) is 44.0 Å². The fourth-order valence-corrected chi connectivity index (χ4v) is 3.59. The second kappa shape index (κ2) is 6.98. The first-order valence-corrected chi connectivity index (χ1v) is 9.16. The highest BCUT2D eigenvalue weighted by Gasteiger charge is 2.19. The van der Waals surface area contributed by atoms with E-state index in [1.54, 1.807) is 19.1 Å². The molecule has 1 aromatic carbocycles. The Hall–Kier alpha value is -2.18. The van der Waals surface area contributed by atoms with E-state index in [4.69, 9.17) is 11.6 Å². The summed E-state index contributed by atoms with van der Waals surface area (Å²) in [7, 11) is 0. The number of anilines is 1. The third-order valence-electron chi connectivity index (χ3n) is 4.11. The van der Waals surface area contributed by atoms with Crippen molar-refractivity contribution in [3.63, 3.8) is 0 Å². The van der Waals surface area contributed by atoms with E-state index in [1.165, 1.54) is 22.2 Å². The van der Waals surface area contributed by atoms with Crippen molar-refractivity contribution in [2.45, 2.75) is 33.2 Å². The molecule has 1 N–H and O–H groups in total. The maximum atomic E-state index is 12.7. The fraction of sp³-hybridized carbons (Fsp3) is 0.278. The number of rotatable bonds is 4. The lowest BCUT2D eigenvalue weighted by Crippen LogP contribution is -2.31. The van der Waals surface area contributed by atoms with Crippen LogP contribution in [0.1, 0.15) is 30.3 Å². The minimum Gasteiger partial charge on any atom is -0.324 e. The van der Waals surface area contributed by atoms with Crippen LogP contribution in [-0.2, 0) is 11.2 Å². The molecule has 0 saturated carbocycles. The van der Waals surface area contributed by atoms with Crippen molar-refractivity contribution in [2.75, 3.05) is 5.32 Å². The van der Waals surface area contributed by atoms with Crippen molar-refractivity contribution in [2.24, 2.45) is 0 Å². The number of carbonyl (C=O) groups excluding carboxylic acids is 1. The van der Waals surface area contributed by atoms with Crippen LogP contribution in [0.4, 0.5) is 5.69 Å². The monoisotopic (exact) mass is 375 g/mol. The van der Waals surface area contributed by atoms with Crippen LogP contribution in [0, 0.1) is 6.92 Å². The standard InChI is InChI=1S/C18H18ClN3O2S/c1-4-13-8-14-17(25-13)20-9-22(18(14)24)11(3)16(23)21-12-6-5-10(2)15(19)7-12/h5-9,11H,4H2,1-3H3,(H,21,23). The Balaban J connectivity index is 1.89. The number of nitrogens with zero attached hydrogens (tertiary/aromatic N) is 2. The minimum atomic E-state index is -0.686. The number of carbonyl (C=O) groups is 1. The van der Waals surface area contributed by atoms with Crippen LogP contribution in [0.5, 0.6) is 0 Å².